The van der Waals surface area contributed by atoms with Crippen molar-refractivity contribution in [1.29, 1.82) is 0 Å². The lowest BCUT2D eigenvalue weighted by atomic mass is 10.1. The third-order valence-corrected chi connectivity index (χ3v) is 3.82. The zero-order valence-corrected chi connectivity index (χ0v) is 13.8. The number of nitrogen functional groups attached to an aromatic ring is 1. The summed E-state index contributed by atoms with van der Waals surface area (Å²) in [6.45, 7) is 1.76. The Labute approximate surface area is 143 Å². The van der Waals surface area contributed by atoms with Crippen LogP contribution in [-0.2, 0) is 7.05 Å². The molecule has 3 aromatic rings. The van der Waals surface area contributed by atoms with Gasteiger partial charge in [-0.2, -0.15) is 15.0 Å². The van der Waals surface area contributed by atoms with E-state index in [4.69, 9.17) is 22.1 Å². The molecule has 3 rings (SSSR count). The van der Waals surface area contributed by atoms with Crippen molar-refractivity contribution >= 4 is 17.4 Å². The van der Waals surface area contributed by atoms with E-state index in [-0.39, 0.29) is 11.6 Å². The highest BCUT2D eigenvalue weighted by Gasteiger charge is 2.16. The minimum absolute atomic E-state index is 0.224. The van der Waals surface area contributed by atoms with Gasteiger partial charge in [-0.05, 0) is 31.2 Å². The van der Waals surface area contributed by atoms with E-state index in [1.165, 1.54) is 23.0 Å². The first kappa shape index (κ1) is 16.2. The molecule has 6 nitrogen and oxygen atoms in total. The fourth-order valence-corrected chi connectivity index (χ4v) is 2.52. The van der Waals surface area contributed by atoms with Gasteiger partial charge in [0, 0.05) is 29.4 Å². The van der Waals surface area contributed by atoms with Crippen LogP contribution in [0.2, 0.25) is 5.02 Å². The van der Waals surface area contributed by atoms with E-state index in [0.29, 0.717) is 27.6 Å². The lowest BCUT2D eigenvalue weighted by Crippen LogP contribution is -2.07. The molecule has 1 atom stereocenters. The number of ether oxygens (including phenoxy) is 1. The van der Waals surface area contributed by atoms with Crippen LogP contribution in [0.1, 0.15) is 18.6 Å². The van der Waals surface area contributed by atoms with Gasteiger partial charge in [0.2, 0.25) is 0 Å². The normalized spacial score (nSPS) is 12.2. The number of hydrogen-bond acceptors (Lipinski definition) is 5. The third kappa shape index (κ3) is 3.30. The predicted octanol–water partition coefficient (Wildman–Crippen LogP) is 3.39. The number of halogens is 2. The molecule has 0 saturated heterocycles. The smallest absolute Gasteiger partial charge is 0.166 e. The molecule has 8 heteroatoms. The Bertz CT molecular complexity index is 883. The average Bonchev–Trinajstić information content (AvgIpc) is 2.98. The number of aromatic nitrogens is 4. The van der Waals surface area contributed by atoms with Crippen LogP contribution >= 0.6 is 11.6 Å². The number of rotatable bonds is 4. The van der Waals surface area contributed by atoms with Crippen LogP contribution in [0.5, 0.6) is 5.75 Å². The van der Waals surface area contributed by atoms with Crippen molar-refractivity contribution in [2.24, 2.45) is 7.05 Å². The zero-order valence-electron chi connectivity index (χ0n) is 13.1. The molecule has 1 unspecified atom stereocenters. The standard InChI is InChI=1S/C16H15ClFN5O/c1-9(12-6-11(18)3-4-13(12)17)24-15-5-10(7-20-16(15)19)14-8-21-23(2)22-14/h3-9H,1-2H3,(H2,19,20). The Morgan fingerprint density at radius 1 is 1.29 bits per heavy atom. The molecule has 2 heterocycles. The topological polar surface area (TPSA) is 78.8 Å². The molecule has 0 fully saturated rings. The van der Waals surface area contributed by atoms with Crippen LogP contribution in [0.25, 0.3) is 11.3 Å². The van der Waals surface area contributed by atoms with Gasteiger partial charge in [-0.3, -0.25) is 0 Å². The van der Waals surface area contributed by atoms with Crippen molar-refractivity contribution in [2.45, 2.75) is 13.0 Å². The second-order valence-electron chi connectivity index (χ2n) is 5.25. The highest BCUT2D eigenvalue weighted by atomic mass is 35.5. The zero-order chi connectivity index (χ0) is 17.3. The Hall–Kier alpha value is -2.67. The molecular weight excluding hydrogens is 333 g/mol. The summed E-state index contributed by atoms with van der Waals surface area (Å²) >= 11 is 6.11. The number of hydrogen-bond donors (Lipinski definition) is 1. The summed E-state index contributed by atoms with van der Waals surface area (Å²) in [6, 6.07) is 5.84. The number of aryl methyl sites for hydroxylation is 1. The van der Waals surface area contributed by atoms with Crippen molar-refractivity contribution in [3.63, 3.8) is 0 Å². The van der Waals surface area contributed by atoms with Gasteiger partial charge in [0.25, 0.3) is 0 Å². The van der Waals surface area contributed by atoms with Crippen LogP contribution in [-0.4, -0.2) is 20.0 Å². The van der Waals surface area contributed by atoms with Gasteiger partial charge in [0.1, 0.15) is 17.6 Å². The molecule has 0 spiro atoms. The number of pyridine rings is 1. The molecule has 2 aromatic heterocycles. The molecule has 2 N–H and O–H groups in total. The first-order valence-corrected chi connectivity index (χ1v) is 7.55. The maximum atomic E-state index is 13.4. The quantitative estimate of drug-likeness (QED) is 0.782. The van der Waals surface area contributed by atoms with E-state index in [2.05, 4.69) is 15.2 Å². The predicted molar refractivity (Wildman–Crippen MR) is 89.1 cm³/mol. The Kier molecular flexibility index (Phi) is 4.35. The van der Waals surface area contributed by atoms with Crippen LogP contribution in [0, 0.1) is 5.82 Å². The molecule has 0 bridgehead atoms. The monoisotopic (exact) mass is 347 g/mol. The third-order valence-electron chi connectivity index (χ3n) is 3.48. The summed E-state index contributed by atoms with van der Waals surface area (Å²) in [5, 5.41) is 8.65. The fraction of sp³-hybridized carbons (Fsp3) is 0.188. The first-order chi connectivity index (χ1) is 11.4. The van der Waals surface area contributed by atoms with Crippen molar-refractivity contribution in [3.8, 4) is 17.0 Å². The molecule has 0 saturated carbocycles. The first-order valence-electron chi connectivity index (χ1n) is 7.18. The highest BCUT2D eigenvalue weighted by Crippen LogP contribution is 2.32. The van der Waals surface area contributed by atoms with Gasteiger partial charge in [-0.15, -0.1) is 0 Å². The Morgan fingerprint density at radius 3 is 2.79 bits per heavy atom. The average molecular weight is 348 g/mol. The molecule has 1 aromatic carbocycles. The number of nitrogens with two attached hydrogens (primary N) is 1. The van der Waals surface area contributed by atoms with E-state index in [1.807, 2.05) is 0 Å². The molecule has 124 valence electrons. The molecule has 0 aliphatic carbocycles. The van der Waals surface area contributed by atoms with Crippen molar-refractivity contribution in [3.05, 3.63) is 53.1 Å². The molecular formula is C16H15ClFN5O. The highest BCUT2D eigenvalue weighted by molar-refractivity contribution is 6.31. The molecule has 0 aliphatic rings. The van der Waals surface area contributed by atoms with Crippen LogP contribution in [0.15, 0.2) is 36.7 Å². The maximum Gasteiger partial charge on any atom is 0.166 e. The van der Waals surface area contributed by atoms with E-state index in [0.717, 1.165) is 0 Å². The van der Waals surface area contributed by atoms with Crippen LogP contribution < -0.4 is 10.5 Å². The van der Waals surface area contributed by atoms with Gasteiger partial charge in [0.05, 0.1) is 6.20 Å². The van der Waals surface area contributed by atoms with E-state index >= 15 is 0 Å². The summed E-state index contributed by atoms with van der Waals surface area (Å²) < 4.78 is 19.3. The molecule has 24 heavy (non-hydrogen) atoms. The second-order valence-corrected chi connectivity index (χ2v) is 5.66. The number of nitrogens with zero attached hydrogens (tertiary/aromatic N) is 4. The summed E-state index contributed by atoms with van der Waals surface area (Å²) in [5.74, 6) is 0.206. The van der Waals surface area contributed by atoms with E-state index in [9.17, 15) is 4.39 Å². The lowest BCUT2D eigenvalue weighted by molar-refractivity contribution is 0.227. The van der Waals surface area contributed by atoms with Gasteiger partial charge in [-0.25, -0.2) is 9.37 Å². The van der Waals surface area contributed by atoms with Crippen molar-refractivity contribution in [1.82, 2.24) is 20.0 Å². The van der Waals surface area contributed by atoms with Crippen LogP contribution in [0.3, 0.4) is 0 Å². The maximum absolute atomic E-state index is 13.4. The summed E-state index contributed by atoms with van der Waals surface area (Å²) in [4.78, 5) is 5.57. The minimum Gasteiger partial charge on any atom is -0.482 e. The van der Waals surface area contributed by atoms with Gasteiger partial charge in [-0.1, -0.05) is 11.6 Å². The fourth-order valence-electron chi connectivity index (χ4n) is 2.25. The summed E-state index contributed by atoms with van der Waals surface area (Å²) in [6.07, 6.45) is 2.70. The summed E-state index contributed by atoms with van der Waals surface area (Å²) in [7, 11) is 1.72. The van der Waals surface area contributed by atoms with Gasteiger partial charge >= 0.3 is 0 Å². The Balaban J connectivity index is 1.90. The van der Waals surface area contributed by atoms with E-state index < -0.39 is 6.10 Å². The van der Waals surface area contributed by atoms with Gasteiger partial charge < -0.3 is 10.5 Å². The SMILES string of the molecule is CC(Oc1cc(-c2cnn(C)n2)cnc1N)c1cc(F)ccc1Cl. The number of anilines is 1. The lowest BCUT2D eigenvalue weighted by Gasteiger charge is -2.17. The second kappa shape index (κ2) is 6.45. The Morgan fingerprint density at radius 2 is 2.08 bits per heavy atom. The minimum atomic E-state index is -0.505. The van der Waals surface area contributed by atoms with Crippen LogP contribution in [0.4, 0.5) is 10.2 Å². The van der Waals surface area contributed by atoms with Crippen molar-refractivity contribution in [2.75, 3.05) is 5.73 Å². The molecule has 0 aliphatic heterocycles. The van der Waals surface area contributed by atoms with Crippen molar-refractivity contribution < 1.29 is 9.13 Å². The summed E-state index contributed by atoms with van der Waals surface area (Å²) in [5.41, 5.74) is 7.77. The molecule has 0 amide bonds. The number of benzene rings is 1. The largest absolute Gasteiger partial charge is 0.482 e. The molecule has 0 radical (unpaired) electrons. The van der Waals surface area contributed by atoms with E-state index in [1.54, 1.807) is 32.4 Å². The van der Waals surface area contributed by atoms with Gasteiger partial charge in [0.15, 0.2) is 11.6 Å².